The minimum Gasteiger partial charge on any atom is -0.365 e. The van der Waals surface area contributed by atoms with Crippen LogP contribution in [0.5, 0.6) is 0 Å². The van der Waals surface area contributed by atoms with Gasteiger partial charge in [-0.3, -0.25) is 9.59 Å². The molecule has 1 rings (SSSR count). The molecule has 2 amide bonds. The van der Waals surface area contributed by atoms with Gasteiger partial charge in [-0.05, 0) is 6.07 Å². The van der Waals surface area contributed by atoms with Crippen molar-refractivity contribution in [1.82, 2.24) is 4.90 Å². The lowest BCUT2D eigenvalue weighted by molar-refractivity contribution is -0.685. The Bertz CT molecular complexity index is 487. The van der Waals surface area contributed by atoms with Gasteiger partial charge in [0.15, 0.2) is 12.4 Å². The Hall–Kier alpha value is -2.43. The van der Waals surface area contributed by atoms with Gasteiger partial charge in [-0.15, -0.1) is 13.2 Å². The number of aromatic nitrogens is 1. The van der Waals surface area contributed by atoms with Crippen LogP contribution >= 0.6 is 0 Å². The molecule has 0 bridgehead atoms. The van der Waals surface area contributed by atoms with Gasteiger partial charge in [0, 0.05) is 19.2 Å². The molecule has 0 saturated carbocycles. The van der Waals surface area contributed by atoms with Crippen molar-refractivity contribution < 1.29 is 14.2 Å². The zero-order chi connectivity index (χ0) is 14.3. The number of carbonyl (C=O) groups is 2. The molecule has 100 valence electrons. The Morgan fingerprint density at radius 1 is 1.32 bits per heavy atom. The summed E-state index contributed by atoms with van der Waals surface area (Å²) >= 11 is 0. The zero-order valence-corrected chi connectivity index (χ0v) is 10.8. The first kappa shape index (κ1) is 14.6. The van der Waals surface area contributed by atoms with Gasteiger partial charge < -0.3 is 10.6 Å². The molecular formula is C14H18N3O2+. The Balaban J connectivity index is 2.79. The van der Waals surface area contributed by atoms with E-state index in [4.69, 9.17) is 5.73 Å². The van der Waals surface area contributed by atoms with Gasteiger partial charge >= 0.3 is 0 Å². The van der Waals surface area contributed by atoms with Crippen LogP contribution in [-0.2, 0) is 11.3 Å². The molecule has 0 aliphatic rings. The quantitative estimate of drug-likeness (QED) is 0.565. The van der Waals surface area contributed by atoms with Gasteiger partial charge in [0.1, 0.15) is 5.56 Å². The van der Waals surface area contributed by atoms with Gasteiger partial charge in [-0.2, -0.15) is 4.57 Å². The number of pyridine rings is 1. The van der Waals surface area contributed by atoms with E-state index in [0.717, 1.165) is 0 Å². The molecule has 0 fully saturated rings. The van der Waals surface area contributed by atoms with Crippen LogP contribution in [0.15, 0.2) is 49.8 Å². The van der Waals surface area contributed by atoms with E-state index in [0.29, 0.717) is 18.7 Å². The molecular weight excluding hydrogens is 242 g/mol. The number of hydrogen-bond donors (Lipinski definition) is 1. The zero-order valence-electron chi connectivity index (χ0n) is 10.8. The van der Waals surface area contributed by atoms with E-state index in [-0.39, 0.29) is 12.5 Å². The largest absolute Gasteiger partial charge is 0.365 e. The third-order valence-corrected chi connectivity index (χ3v) is 2.51. The molecule has 0 atom stereocenters. The Labute approximate surface area is 112 Å². The number of amides is 2. The molecule has 5 heteroatoms. The maximum Gasteiger partial charge on any atom is 0.289 e. The summed E-state index contributed by atoms with van der Waals surface area (Å²) in [5.41, 5.74) is 5.56. The van der Waals surface area contributed by atoms with E-state index in [1.165, 1.54) is 0 Å². The van der Waals surface area contributed by atoms with Crippen molar-refractivity contribution in [3.63, 3.8) is 0 Å². The third kappa shape index (κ3) is 4.39. The van der Waals surface area contributed by atoms with E-state index in [9.17, 15) is 9.59 Å². The SMILES string of the molecule is C=CCN(CC=C)C(=O)C[n+]1cccc(C(N)=O)c1. The molecule has 0 radical (unpaired) electrons. The number of rotatable bonds is 7. The first-order valence-corrected chi connectivity index (χ1v) is 5.87. The first-order valence-electron chi connectivity index (χ1n) is 5.87. The van der Waals surface area contributed by atoms with Crippen LogP contribution in [-0.4, -0.2) is 29.8 Å². The van der Waals surface area contributed by atoms with Crippen LogP contribution < -0.4 is 10.3 Å². The van der Waals surface area contributed by atoms with Crippen LogP contribution in [0.2, 0.25) is 0 Å². The second-order valence-electron chi connectivity index (χ2n) is 4.01. The van der Waals surface area contributed by atoms with E-state index < -0.39 is 5.91 Å². The summed E-state index contributed by atoms with van der Waals surface area (Å²) < 4.78 is 1.63. The molecule has 0 saturated heterocycles. The monoisotopic (exact) mass is 260 g/mol. The molecule has 0 aromatic carbocycles. The van der Waals surface area contributed by atoms with Crippen molar-refractivity contribution in [3.05, 3.63) is 55.4 Å². The minimum absolute atomic E-state index is 0.0774. The normalized spacial score (nSPS) is 9.68. The summed E-state index contributed by atoms with van der Waals surface area (Å²) in [5, 5.41) is 0. The van der Waals surface area contributed by atoms with Crippen LogP contribution in [0.3, 0.4) is 0 Å². The first-order chi connectivity index (χ1) is 9.08. The summed E-state index contributed by atoms with van der Waals surface area (Å²) in [6, 6.07) is 3.28. The Morgan fingerprint density at radius 2 is 1.95 bits per heavy atom. The molecule has 1 aromatic rings. The highest BCUT2D eigenvalue weighted by Gasteiger charge is 2.16. The summed E-state index contributed by atoms with van der Waals surface area (Å²) in [5.74, 6) is -0.595. The predicted octanol–water partition coefficient (Wildman–Crippen LogP) is 0.274. The van der Waals surface area contributed by atoms with Gasteiger partial charge in [0.05, 0.1) is 0 Å². The average molecular weight is 260 g/mol. The van der Waals surface area contributed by atoms with E-state index in [1.54, 1.807) is 46.1 Å². The number of primary amides is 1. The fraction of sp³-hybridized carbons (Fsp3) is 0.214. The fourth-order valence-corrected chi connectivity index (χ4v) is 1.61. The Kier molecular flexibility index (Phi) is 5.47. The number of hydrogen-bond acceptors (Lipinski definition) is 2. The minimum atomic E-state index is -0.518. The van der Waals surface area contributed by atoms with E-state index in [2.05, 4.69) is 13.2 Å². The molecule has 19 heavy (non-hydrogen) atoms. The molecule has 2 N–H and O–H groups in total. The predicted molar refractivity (Wildman–Crippen MR) is 72.1 cm³/mol. The lowest BCUT2D eigenvalue weighted by atomic mass is 10.2. The van der Waals surface area contributed by atoms with Crippen molar-refractivity contribution in [2.45, 2.75) is 6.54 Å². The molecule has 0 spiro atoms. The van der Waals surface area contributed by atoms with Crippen molar-refractivity contribution >= 4 is 11.8 Å². The van der Waals surface area contributed by atoms with Crippen molar-refractivity contribution in [2.75, 3.05) is 13.1 Å². The maximum atomic E-state index is 12.1. The lowest BCUT2D eigenvalue weighted by Crippen LogP contribution is -2.45. The third-order valence-electron chi connectivity index (χ3n) is 2.51. The molecule has 0 aliphatic heterocycles. The lowest BCUT2D eigenvalue weighted by Gasteiger charge is -2.17. The van der Waals surface area contributed by atoms with Gasteiger partial charge in [0.25, 0.3) is 11.8 Å². The standard InChI is InChI=1S/C14H17N3O2/c1-3-7-17(8-4-2)13(18)11-16-9-5-6-12(10-16)14(15)19/h3-6,9-10H,1-2,7-8,11H2,(H-,15,19)/p+1. The van der Waals surface area contributed by atoms with Crippen molar-refractivity contribution in [1.29, 1.82) is 0 Å². The van der Waals surface area contributed by atoms with E-state index >= 15 is 0 Å². The molecule has 0 unspecified atom stereocenters. The van der Waals surface area contributed by atoms with E-state index in [1.807, 2.05) is 0 Å². The van der Waals surface area contributed by atoms with Gasteiger partial charge in [-0.25, -0.2) is 0 Å². The Morgan fingerprint density at radius 3 is 2.47 bits per heavy atom. The molecule has 1 aromatic heterocycles. The highest BCUT2D eigenvalue weighted by Crippen LogP contribution is 1.95. The molecule has 5 nitrogen and oxygen atoms in total. The number of nitrogens with zero attached hydrogens (tertiary/aromatic N) is 2. The van der Waals surface area contributed by atoms with Crippen LogP contribution in [0.25, 0.3) is 0 Å². The van der Waals surface area contributed by atoms with Crippen molar-refractivity contribution in [2.24, 2.45) is 5.73 Å². The summed E-state index contributed by atoms with van der Waals surface area (Å²) in [7, 11) is 0. The fourth-order valence-electron chi connectivity index (χ4n) is 1.61. The highest BCUT2D eigenvalue weighted by atomic mass is 16.2. The smallest absolute Gasteiger partial charge is 0.289 e. The molecule has 0 aliphatic carbocycles. The average Bonchev–Trinajstić information content (AvgIpc) is 2.38. The summed E-state index contributed by atoms with van der Waals surface area (Å²) in [6.07, 6.45) is 6.59. The van der Waals surface area contributed by atoms with Crippen molar-refractivity contribution in [3.8, 4) is 0 Å². The second-order valence-corrected chi connectivity index (χ2v) is 4.01. The maximum absolute atomic E-state index is 12.1. The van der Waals surface area contributed by atoms with Gasteiger partial charge in [-0.1, -0.05) is 12.2 Å². The van der Waals surface area contributed by atoms with Crippen LogP contribution in [0, 0.1) is 0 Å². The van der Waals surface area contributed by atoms with Crippen LogP contribution in [0.4, 0.5) is 0 Å². The number of carbonyl (C=O) groups excluding carboxylic acids is 2. The molecule has 1 heterocycles. The second kappa shape index (κ2) is 7.10. The summed E-state index contributed by atoms with van der Waals surface area (Å²) in [6.45, 7) is 8.29. The topological polar surface area (TPSA) is 67.3 Å². The van der Waals surface area contributed by atoms with Crippen LogP contribution in [0.1, 0.15) is 10.4 Å². The van der Waals surface area contributed by atoms with Gasteiger partial charge in [0.2, 0.25) is 6.54 Å². The summed E-state index contributed by atoms with van der Waals surface area (Å²) in [4.78, 5) is 24.7. The highest BCUT2D eigenvalue weighted by molar-refractivity contribution is 5.92. The number of nitrogens with two attached hydrogens (primary N) is 1.